The summed E-state index contributed by atoms with van der Waals surface area (Å²) in [6.07, 6.45) is 6.81. The topological polar surface area (TPSA) is 31.9 Å². The van der Waals surface area contributed by atoms with E-state index >= 15 is 0 Å². The number of H-pyrrole nitrogens is 1. The number of benzene rings is 1. The van der Waals surface area contributed by atoms with Gasteiger partial charge in [0.25, 0.3) is 0 Å². The van der Waals surface area contributed by atoms with Gasteiger partial charge < -0.3 is 0 Å². The summed E-state index contributed by atoms with van der Waals surface area (Å²) < 4.78 is 0. The molecule has 0 radical (unpaired) electrons. The van der Waals surface area contributed by atoms with E-state index in [2.05, 4.69) is 66.2 Å². The fraction of sp³-hybridized carbons (Fsp3) is 0.450. The van der Waals surface area contributed by atoms with Crippen LogP contribution in [0, 0.1) is 6.92 Å². The zero-order valence-electron chi connectivity index (χ0n) is 14.5. The van der Waals surface area contributed by atoms with Crippen LogP contribution in [0.25, 0.3) is 11.1 Å². The first-order chi connectivity index (χ1) is 11.1. The third-order valence-corrected chi connectivity index (χ3v) is 4.70. The minimum atomic E-state index is 0.549. The first kappa shape index (κ1) is 16.0. The summed E-state index contributed by atoms with van der Waals surface area (Å²) in [5.41, 5.74) is 6.52. The second-order valence-corrected chi connectivity index (χ2v) is 6.94. The highest BCUT2D eigenvalue weighted by molar-refractivity contribution is 5.66. The normalized spacial score (nSPS) is 18.8. The SMILES string of the molecule is CC(C)=CCN1CCCC(c2[nH]ncc2-c2ccc(C)cc2)C1. The van der Waals surface area contributed by atoms with Crippen molar-refractivity contribution in [2.45, 2.75) is 39.5 Å². The van der Waals surface area contributed by atoms with Crippen LogP contribution >= 0.6 is 0 Å². The Balaban J connectivity index is 1.78. The maximum atomic E-state index is 4.34. The van der Waals surface area contributed by atoms with E-state index in [4.69, 9.17) is 0 Å². The highest BCUT2D eigenvalue weighted by Gasteiger charge is 2.24. The first-order valence-corrected chi connectivity index (χ1v) is 8.59. The number of aromatic nitrogens is 2. The van der Waals surface area contributed by atoms with Crippen molar-refractivity contribution in [3.05, 3.63) is 53.4 Å². The Bertz CT molecular complexity index is 662. The van der Waals surface area contributed by atoms with Gasteiger partial charge in [-0.2, -0.15) is 5.10 Å². The molecule has 1 aliphatic heterocycles. The van der Waals surface area contributed by atoms with Crippen LogP contribution in [0.4, 0.5) is 0 Å². The van der Waals surface area contributed by atoms with Crippen molar-refractivity contribution in [3.63, 3.8) is 0 Å². The molecule has 122 valence electrons. The number of piperidine rings is 1. The Morgan fingerprint density at radius 1 is 1.30 bits per heavy atom. The van der Waals surface area contributed by atoms with Crippen LogP contribution in [-0.4, -0.2) is 34.7 Å². The predicted octanol–water partition coefficient (Wildman–Crippen LogP) is 4.53. The summed E-state index contributed by atoms with van der Waals surface area (Å²) >= 11 is 0. The maximum absolute atomic E-state index is 4.34. The Labute approximate surface area is 139 Å². The number of nitrogens with zero attached hydrogens (tertiary/aromatic N) is 2. The minimum absolute atomic E-state index is 0.549. The summed E-state index contributed by atoms with van der Waals surface area (Å²) in [4.78, 5) is 2.56. The molecule has 3 nitrogen and oxygen atoms in total. The van der Waals surface area contributed by atoms with Crippen LogP contribution < -0.4 is 0 Å². The molecule has 0 saturated carbocycles. The van der Waals surface area contributed by atoms with E-state index in [-0.39, 0.29) is 0 Å². The molecule has 1 aromatic carbocycles. The molecular weight excluding hydrogens is 282 g/mol. The van der Waals surface area contributed by atoms with Crippen LogP contribution in [0.1, 0.15) is 43.9 Å². The number of aromatic amines is 1. The summed E-state index contributed by atoms with van der Waals surface area (Å²) in [5, 5.41) is 7.62. The van der Waals surface area contributed by atoms with Gasteiger partial charge in [0.2, 0.25) is 0 Å². The van der Waals surface area contributed by atoms with E-state index in [1.807, 2.05) is 6.20 Å². The standard InChI is InChI=1S/C20H27N3/c1-15(2)10-12-23-11-4-5-18(14-23)20-19(13-21-22-20)17-8-6-16(3)7-9-17/h6-10,13,18H,4-5,11-12,14H2,1-3H3,(H,21,22). The summed E-state index contributed by atoms with van der Waals surface area (Å²) in [6, 6.07) is 8.75. The number of aryl methyl sites for hydroxylation is 1. The summed E-state index contributed by atoms with van der Waals surface area (Å²) in [7, 11) is 0. The van der Waals surface area contributed by atoms with E-state index in [0.717, 1.165) is 13.1 Å². The zero-order chi connectivity index (χ0) is 16.2. The van der Waals surface area contributed by atoms with E-state index in [1.165, 1.54) is 47.3 Å². The highest BCUT2D eigenvalue weighted by Crippen LogP contribution is 2.33. The molecular formula is C20H27N3. The van der Waals surface area contributed by atoms with Crippen molar-refractivity contribution >= 4 is 0 Å². The molecule has 1 unspecified atom stereocenters. The van der Waals surface area contributed by atoms with Gasteiger partial charge in [0.15, 0.2) is 0 Å². The number of rotatable bonds is 4. The Morgan fingerprint density at radius 2 is 2.09 bits per heavy atom. The number of likely N-dealkylation sites (tertiary alicyclic amines) is 1. The second-order valence-electron chi connectivity index (χ2n) is 6.94. The van der Waals surface area contributed by atoms with Crippen molar-refractivity contribution in [2.24, 2.45) is 0 Å². The molecule has 2 heterocycles. The molecule has 1 aromatic heterocycles. The fourth-order valence-corrected chi connectivity index (χ4v) is 3.34. The minimum Gasteiger partial charge on any atom is -0.299 e. The third kappa shape index (κ3) is 3.91. The number of hydrogen-bond acceptors (Lipinski definition) is 2. The number of hydrogen-bond donors (Lipinski definition) is 1. The largest absolute Gasteiger partial charge is 0.299 e. The summed E-state index contributed by atoms with van der Waals surface area (Å²) in [5.74, 6) is 0.549. The van der Waals surface area contributed by atoms with Gasteiger partial charge in [-0.25, -0.2) is 0 Å². The molecule has 2 aromatic rings. The molecule has 23 heavy (non-hydrogen) atoms. The molecule has 3 rings (SSSR count). The Hall–Kier alpha value is -1.87. The van der Waals surface area contributed by atoms with E-state index in [9.17, 15) is 0 Å². The maximum Gasteiger partial charge on any atom is 0.0568 e. The molecule has 0 amide bonds. The van der Waals surface area contributed by atoms with Crippen LogP contribution in [0.3, 0.4) is 0 Å². The van der Waals surface area contributed by atoms with Gasteiger partial charge in [-0.1, -0.05) is 41.5 Å². The van der Waals surface area contributed by atoms with Crippen molar-refractivity contribution < 1.29 is 0 Å². The molecule has 1 saturated heterocycles. The molecule has 0 aliphatic carbocycles. The predicted molar refractivity (Wildman–Crippen MR) is 96.6 cm³/mol. The fourth-order valence-electron chi connectivity index (χ4n) is 3.34. The highest BCUT2D eigenvalue weighted by atomic mass is 15.1. The molecule has 0 spiro atoms. The van der Waals surface area contributed by atoms with Gasteiger partial charge in [-0.15, -0.1) is 0 Å². The molecule has 0 bridgehead atoms. The molecule has 3 heteroatoms. The van der Waals surface area contributed by atoms with Crippen LogP contribution in [0.5, 0.6) is 0 Å². The van der Waals surface area contributed by atoms with Gasteiger partial charge in [0.1, 0.15) is 0 Å². The lowest BCUT2D eigenvalue weighted by Gasteiger charge is -2.32. The van der Waals surface area contributed by atoms with E-state index < -0.39 is 0 Å². The number of allylic oxidation sites excluding steroid dienone is 1. The van der Waals surface area contributed by atoms with Gasteiger partial charge >= 0.3 is 0 Å². The Kier molecular flexibility index (Phi) is 4.97. The van der Waals surface area contributed by atoms with Gasteiger partial charge in [0.05, 0.1) is 6.20 Å². The van der Waals surface area contributed by atoms with Crippen LogP contribution in [0.15, 0.2) is 42.1 Å². The molecule has 1 aliphatic rings. The second kappa shape index (κ2) is 7.14. The smallest absolute Gasteiger partial charge is 0.0568 e. The van der Waals surface area contributed by atoms with Crippen molar-refractivity contribution in [1.82, 2.24) is 15.1 Å². The quantitative estimate of drug-likeness (QED) is 0.841. The molecule has 1 fully saturated rings. The van der Waals surface area contributed by atoms with Crippen molar-refractivity contribution in [3.8, 4) is 11.1 Å². The monoisotopic (exact) mass is 309 g/mol. The Morgan fingerprint density at radius 3 is 2.83 bits per heavy atom. The first-order valence-electron chi connectivity index (χ1n) is 8.59. The van der Waals surface area contributed by atoms with Crippen molar-refractivity contribution in [2.75, 3.05) is 19.6 Å². The van der Waals surface area contributed by atoms with Gasteiger partial charge in [0, 0.05) is 30.3 Å². The number of nitrogens with one attached hydrogen (secondary N) is 1. The van der Waals surface area contributed by atoms with E-state index in [0.29, 0.717) is 5.92 Å². The zero-order valence-corrected chi connectivity index (χ0v) is 14.5. The van der Waals surface area contributed by atoms with Crippen molar-refractivity contribution in [1.29, 1.82) is 0 Å². The van der Waals surface area contributed by atoms with Crippen LogP contribution in [-0.2, 0) is 0 Å². The molecule has 1 atom stereocenters. The lowest BCUT2D eigenvalue weighted by molar-refractivity contribution is 0.226. The average molecular weight is 309 g/mol. The van der Waals surface area contributed by atoms with Gasteiger partial charge in [-0.3, -0.25) is 10.00 Å². The van der Waals surface area contributed by atoms with Crippen LogP contribution in [0.2, 0.25) is 0 Å². The van der Waals surface area contributed by atoms with E-state index in [1.54, 1.807) is 0 Å². The lowest BCUT2D eigenvalue weighted by Crippen LogP contribution is -2.34. The third-order valence-electron chi connectivity index (χ3n) is 4.70. The van der Waals surface area contributed by atoms with Gasteiger partial charge in [-0.05, 0) is 45.7 Å². The molecule has 1 N–H and O–H groups in total. The summed E-state index contributed by atoms with van der Waals surface area (Å²) in [6.45, 7) is 9.85. The lowest BCUT2D eigenvalue weighted by atomic mass is 9.90. The average Bonchev–Trinajstić information content (AvgIpc) is 3.03.